The fraction of sp³-hybridized carbons (Fsp3) is 0.500. The van der Waals surface area contributed by atoms with Gasteiger partial charge in [-0.1, -0.05) is 0 Å². The summed E-state index contributed by atoms with van der Waals surface area (Å²) in [5, 5.41) is 4.00. The molecule has 1 N–H and O–H groups in total. The highest BCUT2D eigenvalue weighted by atomic mass is 35.5. The number of aromatic nitrogens is 2. The van der Waals surface area contributed by atoms with Gasteiger partial charge in [0.2, 0.25) is 5.28 Å². The highest BCUT2D eigenvalue weighted by Gasteiger charge is 2.23. The van der Waals surface area contributed by atoms with Crippen LogP contribution in [-0.2, 0) is 10.8 Å². The lowest BCUT2D eigenvalue weighted by Gasteiger charge is -2.06. The monoisotopic (exact) mass is 231 g/mol. The van der Waals surface area contributed by atoms with E-state index in [0.29, 0.717) is 5.03 Å². The number of nitrogens with one attached hydrogen (secondary N) is 1. The summed E-state index contributed by atoms with van der Waals surface area (Å²) >= 11 is 5.62. The molecule has 0 aromatic carbocycles. The Hall–Kier alpha value is -0.520. The molecule has 0 saturated carbocycles. The van der Waals surface area contributed by atoms with Gasteiger partial charge in [-0.2, -0.15) is 0 Å². The van der Waals surface area contributed by atoms with Crippen LogP contribution in [0, 0.1) is 0 Å². The Labute approximate surface area is 89.6 Å². The maximum absolute atomic E-state index is 11.9. The Bertz CT molecular complexity index is 354. The standard InChI is InChI=1S/C8H10ClN3OS/c9-8-11-4-2-7(12-8)14(13)6-1-3-10-5-6/h2,4,6,10H,1,3,5H2/t6-,14-/m0/s1. The van der Waals surface area contributed by atoms with Crippen molar-refractivity contribution in [3.8, 4) is 0 Å². The van der Waals surface area contributed by atoms with Gasteiger partial charge in [-0.25, -0.2) is 9.97 Å². The van der Waals surface area contributed by atoms with Crippen LogP contribution in [0.5, 0.6) is 0 Å². The molecule has 1 aromatic rings. The van der Waals surface area contributed by atoms with Gasteiger partial charge in [-0.3, -0.25) is 4.21 Å². The summed E-state index contributed by atoms with van der Waals surface area (Å²) in [4.78, 5) is 7.70. The van der Waals surface area contributed by atoms with Crippen molar-refractivity contribution in [1.82, 2.24) is 15.3 Å². The molecule has 4 nitrogen and oxygen atoms in total. The maximum atomic E-state index is 11.9. The lowest BCUT2D eigenvalue weighted by Crippen LogP contribution is -2.19. The van der Waals surface area contributed by atoms with E-state index in [0.717, 1.165) is 19.5 Å². The summed E-state index contributed by atoms with van der Waals surface area (Å²) < 4.78 is 11.9. The van der Waals surface area contributed by atoms with Crippen molar-refractivity contribution in [3.63, 3.8) is 0 Å². The van der Waals surface area contributed by atoms with Crippen molar-refractivity contribution in [2.75, 3.05) is 13.1 Å². The quantitative estimate of drug-likeness (QED) is 0.598. The van der Waals surface area contributed by atoms with Crippen LogP contribution in [0.4, 0.5) is 0 Å². The van der Waals surface area contributed by atoms with E-state index in [1.807, 2.05) is 0 Å². The van der Waals surface area contributed by atoms with E-state index in [9.17, 15) is 4.21 Å². The van der Waals surface area contributed by atoms with Crippen molar-refractivity contribution in [2.24, 2.45) is 0 Å². The maximum Gasteiger partial charge on any atom is 0.223 e. The van der Waals surface area contributed by atoms with Crippen LogP contribution in [0.15, 0.2) is 17.3 Å². The molecule has 0 radical (unpaired) electrons. The Balaban J connectivity index is 2.17. The molecule has 6 heteroatoms. The van der Waals surface area contributed by atoms with Crippen molar-refractivity contribution in [1.29, 1.82) is 0 Å². The third-order valence-electron chi connectivity index (χ3n) is 2.12. The van der Waals surface area contributed by atoms with E-state index >= 15 is 0 Å². The number of rotatable bonds is 2. The SMILES string of the molecule is O=[S@](c1ccnc(Cl)n1)[C@H]1CCNC1. The number of hydrogen-bond donors (Lipinski definition) is 1. The minimum absolute atomic E-state index is 0.154. The van der Waals surface area contributed by atoms with Crippen LogP contribution in [-0.4, -0.2) is 32.5 Å². The van der Waals surface area contributed by atoms with Crippen molar-refractivity contribution < 1.29 is 4.21 Å². The van der Waals surface area contributed by atoms with E-state index in [2.05, 4.69) is 15.3 Å². The van der Waals surface area contributed by atoms with E-state index in [-0.39, 0.29) is 10.5 Å². The zero-order valence-electron chi connectivity index (χ0n) is 7.44. The van der Waals surface area contributed by atoms with Crippen LogP contribution in [0.2, 0.25) is 5.28 Å². The molecule has 1 aromatic heterocycles. The van der Waals surface area contributed by atoms with E-state index in [1.165, 1.54) is 6.20 Å². The predicted molar refractivity (Wildman–Crippen MR) is 54.7 cm³/mol. The van der Waals surface area contributed by atoms with E-state index in [1.54, 1.807) is 6.07 Å². The number of nitrogens with zero attached hydrogens (tertiary/aromatic N) is 2. The lowest BCUT2D eigenvalue weighted by molar-refractivity contribution is 0.669. The summed E-state index contributed by atoms with van der Waals surface area (Å²) in [6, 6.07) is 1.65. The minimum atomic E-state index is -1.07. The van der Waals surface area contributed by atoms with Crippen LogP contribution < -0.4 is 5.32 Å². The largest absolute Gasteiger partial charge is 0.315 e. The van der Waals surface area contributed by atoms with Crippen LogP contribution in [0.25, 0.3) is 0 Å². The molecule has 0 aliphatic carbocycles. The second kappa shape index (κ2) is 4.33. The van der Waals surface area contributed by atoms with Crippen molar-refractivity contribution in [2.45, 2.75) is 16.7 Å². The summed E-state index contributed by atoms with van der Waals surface area (Å²) in [6.45, 7) is 1.71. The van der Waals surface area contributed by atoms with E-state index < -0.39 is 10.8 Å². The Morgan fingerprint density at radius 3 is 3.14 bits per heavy atom. The molecular weight excluding hydrogens is 222 g/mol. The smallest absolute Gasteiger partial charge is 0.223 e. The summed E-state index contributed by atoms with van der Waals surface area (Å²) in [5.74, 6) is 0. The second-order valence-electron chi connectivity index (χ2n) is 3.08. The molecule has 1 aliphatic heterocycles. The molecule has 1 aliphatic rings. The molecule has 1 saturated heterocycles. The zero-order chi connectivity index (χ0) is 9.97. The average Bonchev–Trinajstić information content (AvgIpc) is 2.69. The molecule has 2 atom stereocenters. The molecule has 2 heterocycles. The first-order valence-electron chi connectivity index (χ1n) is 4.37. The zero-order valence-corrected chi connectivity index (χ0v) is 9.01. The molecule has 0 spiro atoms. The van der Waals surface area contributed by atoms with Crippen molar-refractivity contribution >= 4 is 22.4 Å². The third-order valence-corrected chi connectivity index (χ3v) is 3.95. The van der Waals surface area contributed by atoms with Crippen LogP contribution in [0.1, 0.15) is 6.42 Å². The lowest BCUT2D eigenvalue weighted by atomic mass is 10.4. The van der Waals surface area contributed by atoms with Gasteiger partial charge < -0.3 is 5.32 Å². The van der Waals surface area contributed by atoms with Gasteiger partial charge in [0.25, 0.3) is 0 Å². The first-order valence-corrected chi connectivity index (χ1v) is 5.96. The first-order chi connectivity index (χ1) is 6.77. The van der Waals surface area contributed by atoms with Crippen LogP contribution in [0.3, 0.4) is 0 Å². The Morgan fingerprint density at radius 2 is 2.50 bits per heavy atom. The molecule has 76 valence electrons. The van der Waals surface area contributed by atoms with Crippen molar-refractivity contribution in [3.05, 3.63) is 17.5 Å². The summed E-state index contributed by atoms with van der Waals surface area (Å²) in [6.07, 6.45) is 2.46. The number of hydrogen-bond acceptors (Lipinski definition) is 4. The van der Waals surface area contributed by atoms with Gasteiger partial charge in [0.1, 0.15) is 5.03 Å². The fourth-order valence-corrected chi connectivity index (χ4v) is 2.92. The van der Waals surface area contributed by atoms with E-state index in [4.69, 9.17) is 11.6 Å². The molecule has 2 rings (SSSR count). The van der Waals surface area contributed by atoms with Gasteiger partial charge >= 0.3 is 0 Å². The van der Waals surface area contributed by atoms with Gasteiger partial charge in [-0.15, -0.1) is 0 Å². The predicted octanol–water partition coefficient (Wildman–Crippen LogP) is 0.599. The third kappa shape index (κ3) is 2.10. The molecular formula is C8H10ClN3OS. The first kappa shape index (κ1) is 10.0. The average molecular weight is 232 g/mol. The molecule has 14 heavy (non-hydrogen) atoms. The van der Waals surface area contributed by atoms with Gasteiger partial charge in [-0.05, 0) is 30.6 Å². The summed E-state index contributed by atoms with van der Waals surface area (Å²) in [5.41, 5.74) is 0. The van der Waals surface area contributed by atoms with Crippen LogP contribution >= 0.6 is 11.6 Å². The second-order valence-corrected chi connectivity index (χ2v) is 5.09. The molecule has 1 fully saturated rings. The Morgan fingerprint density at radius 1 is 1.64 bits per heavy atom. The summed E-state index contributed by atoms with van der Waals surface area (Å²) in [7, 11) is -1.07. The highest BCUT2D eigenvalue weighted by molar-refractivity contribution is 7.85. The number of halogens is 1. The molecule has 0 bridgehead atoms. The minimum Gasteiger partial charge on any atom is -0.315 e. The fourth-order valence-electron chi connectivity index (χ4n) is 1.41. The Kier molecular flexibility index (Phi) is 3.10. The molecule has 0 amide bonds. The van der Waals surface area contributed by atoms with Gasteiger partial charge in [0.15, 0.2) is 0 Å². The highest BCUT2D eigenvalue weighted by Crippen LogP contribution is 2.14. The molecule has 0 unspecified atom stereocenters. The topological polar surface area (TPSA) is 54.9 Å². The van der Waals surface area contributed by atoms with Gasteiger partial charge in [0.05, 0.1) is 16.0 Å². The normalized spacial score (nSPS) is 23.6. The van der Waals surface area contributed by atoms with Gasteiger partial charge in [0, 0.05) is 12.7 Å².